The molecule has 1 N–H and O–H groups in total. The molecule has 0 bridgehead atoms. The first-order chi connectivity index (χ1) is 8.72. The Morgan fingerprint density at radius 3 is 2.56 bits per heavy atom. The zero-order chi connectivity index (χ0) is 12.5. The van der Waals surface area contributed by atoms with Crippen LogP contribution in [-0.4, -0.2) is 17.1 Å². The minimum atomic E-state index is -0.162. The summed E-state index contributed by atoms with van der Waals surface area (Å²) in [5, 5.41) is 6.71. The largest absolute Gasteiger partial charge is 0.361 e. The third kappa shape index (κ3) is 2.01. The van der Waals surface area contributed by atoms with E-state index in [1.165, 1.54) is 11.1 Å². The topological polar surface area (TPSA) is 55.1 Å². The molecular weight excluding hydrogens is 228 g/mol. The Morgan fingerprint density at radius 1 is 1.33 bits per heavy atom. The number of fused-ring (bicyclic) bond motifs is 1. The second-order valence-corrected chi connectivity index (χ2v) is 4.67. The van der Waals surface area contributed by atoms with Gasteiger partial charge in [-0.15, -0.1) is 0 Å². The van der Waals surface area contributed by atoms with Gasteiger partial charge < -0.3 is 9.84 Å². The van der Waals surface area contributed by atoms with Crippen LogP contribution in [0.5, 0.6) is 0 Å². The van der Waals surface area contributed by atoms with Gasteiger partial charge in [0.15, 0.2) is 5.69 Å². The number of nitrogens with zero attached hydrogens (tertiary/aromatic N) is 1. The minimum absolute atomic E-state index is 0.159. The van der Waals surface area contributed by atoms with Crippen molar-refractivity contribution in [3.63, 3.8) is 0 Å². The lowest BCUT2D eigenvalue weighted by Gasteiger charge is -2.09. The van der Waals surface area contributed by atoms with E-state index < -0.39 is 0 Å². The van der Waals surface area contributed by atoms with Crippen molar-refractivity contribution in [1.29, 1.82) is 0 Å². The lowest BCUT2D eigenvalue weighted by atomic mass is 10.1. The predicted molar refractivity (Wildman–Crippen MR) is 66.3 cm³/mol. The number of amides is 1. The van der Waals surface area contributed by atoms with Crippen molar-refractivity contribution in [3.05, 3.63) is 52.9 Å². The molecule has 0 spiro atoms. The van der Waals surface area contributed by atoms with Crippen molar-refractivity contribution in [2.24, 2.45) is 0 Å². The van der Waals surface area contributed by atoms with Crippen LogP contribution in [0.3, 0.4) is 0 Å². The van der Waals surface area contributed by atoms with Gasteiger partial charge in [0.25, 0.3) is 5.91 Å². The van der Waals surface area contributed by atoms with Crippen LogP contribution in [0.15, 0.2) is 34.9 Å². The highest BCUT2D eigenvalue weighted by Crippen LogP contribution is 2.21. The van der Waals surface area contributed by atoms with E-state index in [1.54, 1.807) is 13.0 Å². The fourth-order valence-corrected chi connectivity index (χ4v) is 2.39. The zero-order valence-corrected chi connectivity index (χ0v) is 10.1. The van der Waals surface area contributed by atoms with Crippen molar-refractivity contribution in [1.82, 2.24) is 10.5 Å². The van der Waals surface area contributed by atoms with E-state index in [0.717, 1.165) is 12.8 Å². The van der Waals surface area contributed by atoms with Crippen LogP contribution in [-0.2, 0) is 12.8 Å². The molecule has 0 aliphatic heterocycles. The van der Waals surface area contributed by atoms with Crippen molar-refractivity contribution >= 4 is 5.91 Å². The summed E-state index contributed by atoms with van der Waals surface area (Å²) in [7, 11) is 0. The van der Waals surface area contributed by atoms with Crippen LogP contribution in [0.2, 0.25) is 0 Å². The summed E-state index contributed by atoms with van der Waals surface area (Å²) < 4.78 is 4.90. The van der Waals surface area contributed by atoms with E-state index in [1.807, 2.05) is 12.1 Å². The normalized spacial score (nSPS) is 14.5. The van der Waals surface area contributed by atoms with Gasteiger partial charge in [0.2, 0.25) is 0 Å². The maximum Gasteiger partial charge on any atom is 0.273 e. The molecule has 1 heterocycles. The first-order valence-electron chi connectivity index (χ1n) is 6.03. The Kier molecular flexibility index (Phi) is 2.63. The monoisotopic (exact) mass is 242 g/mol. The Hall–Kier alpha value is -2.10. The molecule has 0 saturated carbocycles. The molecule has 1 amide bonds. The zero-order valence-electron chi connectivity index (χ0n) is 10.1. The van der Waals surface area contributed by atoms with E-state index in [9.17, 15) is 4.79 Å². The van der Waals surface area contributed by atoms with Crippen LogP contribution in [0.4, 0.5) is 0 Å². The lowest BCUT2D eigenvalue weighted by molar-refractivity contribution is 0.0929. The molecule has 3 rings (SSSR count). The van der Waals surface area contributed by atoms with Gasteiger partial charge in [-0.2, -0.15) is 0 Å². The molecule has 0 fully saturated rings. The second kappa shape index (κ2) is 4.29. The van der Waals surface area contributed by atoms with E-state index in [0.29, 0.717) is 11.5 Å². The van der Waals surface area contributed by atoms with Gasteiger partial charge in [-0.3, -0.25) is 4.79 Å². The van der Waals surface area contributed by atoms with E-state index in [-0.39, 0.29) is 11.9 Å². The molecule has 1 aromatic carbocycles. The van der Waals surface area contributed by atoms with Gasteiger partial charge in [0.1, 0.15) is 5.76 Å². The number of rotatable bonds is 2. The van der Waals surface area contributed by atoms with Crippen LogP contribution < -0.4 is 5.32 Å². The van der Waals surface area contributed by atoms with E-state index >= 15 is 0 Å². The first kappa shape index (κ1) is 11.0. The minimum Gasteiger partial charge on any atom is -0.361 e. The summed E-state index contributed by atoms with van der Waals surface area (Å²) >= 11 is 0. The number of aryl methyl sites for hydroxylation is 1. The van der Waals surface area contributed by atoms with Gasteiger partial charge in [-0.25, -0.2) is 0 Å². The fourth-order valence-electron chi connectivity index (χ4n) is 2.39. The summed E-state index contributed by atoms with van der Waals surface area (Å²) in [6.45, 7) is 1.77. The fraction of sp³-hybridized carbons (Fsp3) is 0.286. The molecular formula is C14H14N2O2. The summed E-state index contributed by atoms with van der Waals surface area (Å²) in [5.41, 5.74) is 2.99. The van der Waals surface area contributed by atoms with Crippen molar-refractivity contribution in [2.45, 2.75) is 25.8 Å². The average molecular weight is 242 g/mol. The van der Waals surface area contributed by atoms with Gasteiger partial charge in [-0.05, 0) is 30.9 Å². The van der Waals surface area contributed by atoms with Gasteiger partial charge in [0, 0.05) is 12.1 Å². The van der Waals surface area contributed by atoms with E-state index in [4.69, 9.17) is 4.52 Å². The number of nitrogens with one attached hydrogen (secondary N) is 1. The highest BCUT2D eigenvalue weighted by atomic mass is 16.5. The van der Waals surface area contributed by atoms with Crippen molar-refractivity contribution < 1.29 is 9.32 Å². The third-order valence-electron chi connectivity index (χ3n) is 3.25. The highest BCUT2D eigenvalue weighted by molar-refractivity contribution is 5.92. The first-order valence-corrected chi connectivity index (χ1v) is 6.03. The van der Waals surface area contributed by atoms with Gasteiger partial charge in [-0.1, -0.05) is 29.4 Å². The Balaban J connectivity index is 1.68. The van der Waals surface area contributed by atoms with Crippen LogP contribution in [0.1, 0.15) is 27.4 Å². The number of aromatic nitrogens is 1. The van der Waals surface area contributed by atoms with Crippen LogP contribution in [0, 0.1) is 6.92 Å². The molecule has 0 saturated heterocycles. The second-order valence-electron chi connectivity index (χ2n) is 4.67. The van der Waals surface area contributed by atoms with Gasteiger partial charge in [0.05, 0.1) is 0 Å². The summed E-state index contributed by atoms with van der Waals surface area (Å²) in [4.78, 5) is 11.9. The van der Waals surface area contributed by atoms with Gasteiger partial charge >= 0.3 is 0 Å². The molecule has 0 atom stereocenters. The smallest absolute Gasteiger partial charge is 0.273 e. The SMILES string of the molecule is Cc1cc(C(=O)NC2Cc3ccccc3C2)no1. The van der Waals surface area contributed by atoms with Crippen molar-refractivity contribution in [2.75, 3.05) is 0 Å². The quantitative estimate of drug-likeness (QED) is 0.874. The number of carbonyl (C=O) groups is 1. The lowest BCUT2D eigenvalue weighted by Crippen LogP contribution is -2.35. The number of carbonyl (C=O) groups excluding carboxylic acids is 1. The van der Waals surface area contributed by atoms with E-state index in [2.05, 4.69) is 22.6 Å². The number of hydrogen-bond donors (Lipinski definition) is 1. The van der Waals surface area contributed by atoms with Crippen LogP contribution >= 0.6 is 0 Å². The highest BCUT2D eigenvalue weighted by Gasteiger charge is 2.23. The maximum atomic E-state index is 11.9. The summed E-state index contributed by atoms with van der Waals surface area (Å²) in [5.74, 6) is 0.486. The maximum absolute atomic E-state index is 11.9. The standard InChI is InChI=1S/C14H14N2O2/c1-9-6-13(16-18-9)14(17)15-12-7-10-4-2-3-5-11(10)8-12/h2-6,12H,7-8H2,1H3,(H,15,17). The van der Waals surface area contributed by atoms with Crippen LogP contribution in [0.25, 0.3) is 0 Å². The molecule has 4 nitrogen and oxygen atoms in total. The third-order valence-corrected chi connectivity index (χ3v) is 3.25. The molecule has 1 aliphatic rings. The number of hydrogen-bond acceptors (Lipinski definition) is 3. The predicted octanol–water partition coefficient (Wildman–Crippen LogP) is 1.88. The molecule has 2 aromatic rings. The molecule has 1 aromatic heterocycles. The summed E-state index contributed by atoms with van der Waals surface area (Å²) in [6, 6.07) is 10.1. The Bertz CT molecular complexity index is 564. The molecule has 1 aliphatic carbocycles. The molecule has 0 radical (unpaired) electrons. The molecule has 18 heavy (non-hydrogen) atoms. The average Bonchev–Trinajstić information content (AvgIpc) is 2.94. The molecule has 4 heteroatoms. The number of benzene rings is 1. The molecule has 0 unspecified atom stereocenters. The molecule has 92 valence electrons. The van der Waals surface area contributed by atoms with Crippen molar-refractivity contribution in [3.8, 4) is 0 Å². The Labute approximate surface area is 105 Å². The summed E-state index contributed by atoms with van der Waals surface area (Å²) in [6.07, 6.45) is 1.78. The Morgan fingerprint density at radius 2 is 2.00 bits per heavy atom.